The molecule has 1 aromatic heterocycles. The number of aryl methyl sites for hydroxylation is 1. The number of aromatic nitrogens is 1. The summed E-state index contributed by atoms with van der Waals surface area (Å²) in [6.07, 6.45) is -4.43. The fraction of sp³-hybridized carbons (Fsp3) is 0.391. The second-order valence-corrected chi connectivity index (χ2v) is 8.87. The van der Waals surface area contributed by atoms with Gasteiger partial charge in [0.25, 0.3) is 11.7 Å². The number of carbonyl (C=O) groups is 1. The van der Waals surface area contributed by atoms with Crippen molar-refractivity contribution in [2.24, 2.45) is 0 Å². The number of halogens is 6. The number of thiocarbonyl (C=S) groups is 1. The highest BCUT2D eigenvalue weighted by molar-refractivity contribution is 7.81. The number of alkyl halides is 5. The van der Waals surface area contributed by atoms with Gasteiger partial charge in [-0.2, -0.15) is 22.0 Å². The zero-order valence-electron chi connectivity index (χ0n) is 18.7. The van der Waals surface area contributed by atoms with Crippen molar-refractivity contribution in [3.05, 3.63) is 53.3 Å². The molecular weight excluding hydrogens is 510 g/mol. The molecule has 4 rings (SSSR count). The van der Waals surface area contributed by atoms with E-state index >= 15 is 0 Å². The van der Waals surface area contributed by atoms with Crippen LogP contribution in [0, 0.1) is 19.3 Å². The summed E-state index contributed by atoms with van der Waals surface area (Å²) in [5, 5.41) is 0.0642. The molecule has 0 atom stereocenters. The monoisotopic (exact) mass is 528 g/mol. The Balaban J connectivity index is 1.59. The Labute approximate surface area is 207 Å². The van der Waals surface area contributed by atoms with Gasteiger partial charge in [0.2, 0.25) is 0 Å². The first-order valence-electron chi connectivity index (χ1n) is 10.7. The number of carbonyl (C=O) groups excluding carboxylic acids is 1. The number of rotatable bonds is 6. The molecule has 2 heterocycles. The lowest BCUT2D eigenvalue weighted by atomic mass is 9.75. The lowest BCUT2D eigenvalue weighted by Crippen LogP contribution is -2.55. The van der Waals surface area contributed by atoms with Gasteiger partial charge < -0.3 is 14.5 Å². The molecule has 2 aromatic rings. The zero-order chi connectivity index (χ0) is 26.5. The third kappa shape index (κ3) is 4.13. The van der Waals surface area contributed by atoms with Gasteiger partial charge in [-0.1, -0.05) is 6.57 Å². The number of benzene rings is 1. The summed E-state index contributed by atoms with van der Waals surface area (Å²) in [5.41, 5.74) is 0.0496. The lowest BCUT2D eigenvalue weighted by molar-refractivity contribution is -0.285. The molecule has 6 nitrogen and oxygen atoms in total. The number of nitrogens with zero attached hydrogens (tertiary/aromatic N) is 4. The minimum absolute atomic E-state index is 0.0642. The maximum atomic E-state index is 14.8. The minimum atomic E-state index is -5.73. The van der Waals surface area contributed by atoms with Crippen molar-refractivity contribution in [1.82, 2.24) is 4.98 Å². The van der Waals surface area contributed by atoms with Crippen LogP contribution < -0.4 is 14.5 Å². The molecule has 0 unspecified atom stereocenters. The van der Waals surface area contributed by atoms with E-state index in [1.165, 1.54) is 22.1 Å². The molecule has 1 spiro atoms. The molecule has 36 heavy (non-hydrogen) atoms. The van der Waals surface area contributed by atoms with Crippen LogP contribution >= 0.6 is 12.2 Å². The van der Waals surface area contributed by atoms with Crippen molar-refractivity contribution in [3.63, 3.8) is 0 Å². The van der Waals surface area contributed by atoms with Crippen LogP contribution in [0.1, 0.15) is 31.2 Å². The minimum Gasteiger partial charge on any atom is -0.490 e. The Kier molecular flexibility index (Phi) is 6.36. The average Bonchev–Trinajstić information content (AvgIpc) is 3.00. The predicted octanol–water partition coefficient (Wildman–Crippen LogP) is 6.11. The molecule has 1 aliphatic heterocycles. The highest BCUT2D eigenvalue weighted by Gasteiger charge is 2.60. The van der Waals surface area contributed by atoms with Gasteiger partial charge in [0.1, 0.15) is 11.7 Å². The molecule has 1 saturated heterocycles. The second kappa shape index (κ2) is 8.92. The number of pyridine rings is 1. The number of ether oxygens (including phenoxy) is 1. The first-order valence-corrected chi connectivity index (χ1v) is 11.1. The Bertz CT molecular complexity index is 1270. The molecular formula is C23H18F6N4O2S. The van der Waals surface area contributed by atoms with Crippen LogP contribution in [0.3, 0.4) is 0 Å². The molecule has 13 heteroatoms. The fourth-order valence-electron chi connectivity index (χ4n) is 4.18. The molecule has 1 saturated carbocycles. The van der Waals surface area contributed by atoms with Crippen molar-refractivity contribution in [3.8, 4) is 5.75 Å². The molecule has 0 radical (unpaired) electrons. The number of anilines is 2. The SMILES string of the molecule is [C-]#[N+]c1ncc(N2C(=O)C3(CCC3)N(c3ccc(OCCC(F)(F)C(F)(F)F)c(F)c3)C2=S)cc1C. The molecule has 1 aromatic carbocycles. The van der Waals surface area contributed by atoms with E-state index < -0.39 is 42.2 Å². The Morgan fingerprint density at radius 3 is 2.42 bits per heavy atom. The van der Waals surface area contributed by atoms with E-state index in [-0.39, 0.29) is 22.5 Å². The summed E-state index contributed by atoms with van der Waals surface area (Å²) < 4.78 is 82.7. The van der Waals surface area contributed by atoms with Gasteiger partial charge in [-0.15, -0.1) is 4.98 Å². The highest BCUT2D eigenvalue weighted by atomic mass is 32.1. The maximum Gasteiger partial charge on any atom is 0.453 e. The summed E-state index contributed by atoms with van der Waals surface area (Å²) >= 11 is 5.58. The Hall–Kier alpha value is -3.40. The summed E-state index contributed by atoms with van der Waals surface area (Å²) in [4.78, 5) is 23.6. The number of hydrogen-bond donors (Lipinski definition) is 0. The lowest BCUT2D eigenvalue weighted by Gasteiger charge is -2.43. The molecule has 1 amide bonds. The predicted molar refractivity (Wildman–Crippen MR) is 122 cm³/mol. The zero-order valence-corrected chi connectivity index (χ0v) is 19.5. The molecule has 0 N–H and O–H groups in total. The van der Waals surface area contributed by atoms with Crippen LogP contribution in [0.5, 0.6) is 5.75 Å². The van der Waals surface area contributed by atoms with E-state index in [0.717, 1.165) is 18.6 Å². The molecule has 190 valence electrons. The third-order valence-electron chi connectivity index (χ3n) is 6.25. The smallest absolute Gasteiger partial charge is 0.453 e. The average molecular weight is 528 g/mol. The van der Waals surface area contributed by atoms with Gasteiger partial charge in [-0.25, -0.2) is 4.39 Å². The first kappa shape index (κ1) is 25.7. The van der Waals surface area contributed by atoms with Crippen LogP contribution in [-0.2, 0) is 4.79 Å². The first-order chi connectivity index (χ1) is 16.8. The van der Waals surface area contributed by atoms with Crippen molar-refractivity contribution < 1.29 is 35.9 Å². The van der Waals surface area contributed by atoms with Gasteiger partial charge >= 0.3 is 12.1 Å². The standard InChI is InChI=1S/C23H18F6N4O2S/c1-13-10-15(12-31-18(13)30-2)32-19(34)21(6-3-7-21)33(20(32)36)14-4-5-17(16(24)11-14)35-9-8-22(25,26)23(27,28)29/h4-5,10-12H,3,6-9H2,1H3. The topological polar surface area (TPSA) is 50.0 Å². The molecule has 0 bridgehead atoms. The van der Waals surface area contributed by atoms with Gasteiger partial charge in [0.05, 0.1) is 18.7 Å². The molecule has 1 aliphatic carbocycles. The third-order valence-corrected chi connectivity index (χ3v) is 6.62. The summed E-state index contributed by atoms with van der Waals surface area (Å²) in [6.45, 7) is 7.75. The van der Waals surface area contributed by atoms with E-state index in [0.29, 0.717) is 24.1 Å². The van der Waals surface area contributed by atoms with Crippen molar-refractivity contribution in [1.29, 1.82) is 0 Å². The van der Waals surface area contributed by atoms with Gasteiger partial charge in [0, 0.05) is 11.8 Å². The van der Waals surface area contributed by atoms with Crippen LogP contribution in [-0.4, -0.2) is 40.2 Å². The van der Waals surface area contributed by atoms with Gasteiger partial charge in [0.15, 0.2) is 16.7 Å². The van der Waals surface area contributed by atoms with E-state index in [2.05, 4.69) is 9.83 Å². The van der Waals surface area contributed by atoms with E-state index in [4.69, 9.17) is 23.5 Å². The van der Waals surface area contributed by atoms with Gasteiger partial charge in [-0.05, 0) is 62.2 Å². The second-order valence-electron chi connectivity index (χ2n) is 8.50. The Morgan fingerprint density at radius 1 is 1.19 bits per heavy atom. The number of amides is 1. The van der Waals surface area contributed by atoms with E-state index in [9.17, 15) is 31.1 Å². The van der Waals surface area contributed by atoms with E-state index in [1.807, 2.05) is 0 Å². The van der Waals surface area contributed by atoms with Crippen molar-refractivity contribution in [2.45, 2.75) is 50.2 Å². The Morgan fingerprint density at radius 2 is 1.89 bits per heavy atom. The highest BCUT2D eigenvalue weighted by Crippen LogP contribution is 2.48. The maximum absolute atomic E-state index is 14.8. The van der Waals surface area contributed by atoms with Crippen LogP contribution in [0.2, 0.25) is 0 Å². The van der Waals surface area contributed by atoms with Crippen LogP contribution in [0.4, 0.5) is 43.5 Å². The fourth-order valence-corrected chi connectivity index (χ4v) is 4.65. The quantitative estimate of drug-likeness (QED) is 0.257. The largest absolute Gasteiger partial charge is 0.490 e. The summed E-state index contributed by atoms with van der Waals surface area (Å²) in [6, 6.07) is 5.05. The van der Waals surface area contributed by atoms with E-state index in [1.54, 1.807) is 13.0 Å². The normalized spacial score (nSPS) is 17.4. The molecule has 2 aliphatic rings. The van der Waals surface area contributed by atoms with Gasteiger partial charge in [-0.3, -0.25) is 9.69 Å². The summed E-state index contributed by atoms with van der Waals surface area (Å²) in [5.74, 6) is -6.64. The van der Waals surface area contributed by atoms with Crippen molar-refractivity contribution in [2.75, 3.05) is 16.4 Å². The van der Waals surface area contributed by atoms with Crippen LogP contribution in [0.25, 0.3) is 4.85 Å². The number of hydrogen-bond acceptors (Lipinski definition) is 4. The molecule has 2 fully saturated rings. The van der Waals surface area contributed by atoms with Crippen LogP contribution in [0.15, 0.2) is 30.5 Å². The summed E-state index contributed by atoms with van der Waals surface area (Å²) in [7, 11) is 0. The van der Waals surface area contributed by atoms with Crippen molar-refractivity contribution >= 4 is 40.4 Å².